The molecule has 0 amide bonds. The second kappa shape index (κ2) is 5.85. The Kier molecular flexibility index (Phi) is 3.95. The van der Waals surface area contributed by atoms with E-state index in [-0.39, 0.29) is 5.78 Å². The molecule has 3 rings (SSSR count). The lowest BCUT2D eigenvalue weighted by Gasteiger charge is -2.25. The van der Waals surface area contributed by atoms with E-state index in [1.165, 1.54) is 32.4 Å². The lowest BCUT2D eigenvalue weighted by molar-refractivity contribution is 0.0925. The molecule has 0 spiro atoms. The average molecular weight is 258 g/mol. The van der Waals surface area contributed by atoms with Crippen molar-refractivity contribution in [3.8, 4) is 0 Å². The van der Waals surface area contributed by atoms with E-state index in [9.17, 15) is 4.79 Å². The largest absolute Gasteiger partial charge is 0.299 e. The number of fused-ring (bicyclic) bond motifs is 1. The standard InChI is InChI=1S/C16H22N2O/c19-16(14-6-2-1-3-7-14)13-17-9-5-11-18-10-4-8-15(18)12-17/h1-3,6-7,15H,4-5,8-13H2. The molecule has 0 aliphatic carbocycles. The first kappa shape index (κ1) is 12.8. The molecule has 3 heteroatoms. The number of carbonyl (C=O) groups is 1. The van der Waals surface area contributed by atoms with Gasteiger partial charge in [-0.15, -0.1) is 0 Å². The first-order valence-electron chi connectivity index (χ1n) is 7.37. The van der Waals surface area contributed by atoms with Crippen LogP contribution < -0.4 is 0 Å². The molecular weight excluding hydrogens is 236 g/mol. The van der Waals surface area contributed by atoms with Crippen LogP contribution in [-0.4, -0.2) is 54.3 Å². The summed E-state index contributed by atoms with van der Waals surface area (Å²) in [6, 6.07) is 10.4. The molecule has 1 atom stereocenters. The van der Waals surface area contributed by atoms with Crippen molar-refractivity contribution in [2.75, 3.05) is 32.7 Å². The van der Waals surface area contributed by atoms with Gasteiger partial charge < -0.3 is 0 Å². The Morgan fingerprint density at radius 1 is 1.11 bits per heavy atom. The smallest absolute Gasteiger partial charge is 0.176 e. The topological polar surface area (TPSA) is 23.6 Å². The lowest BCUT2D eigenvalue weighted by atomic mass is 10.1. The molecule has 1 unspecified atom stereocenters. The SMILES string of the molecule is O=C(CN1CCCN2CCCC2C1)c1ccccc1. The van der Waals surface area contributed by atoms with Crippen LogP contribution in [0.15, 0.2) is 30.3 Å². The molecule has 1 aromatic rings. The van der Waals surface area contributed by atoms with Crippen LogP contribution in [0.5, 0.6) is 0 Å². The molecule has 0 radical (unpaired) electrons. The summed E-state index contributed by atoms with van der Waals surface area (Å²) in [5.41, 5.74) is 0.843. The second-order valence-electron chi connectivity index (χ2n) is 5.71. The number of rotatable bonds is 3. The van der Waals surface area contributed by atoms with Gasteiger partial charge in [-0.05, 0) is 38.9 Å². The molecule has 2 aliphatic rings. The van der Waals surface area contributed by atoms with E-state index < -0.39 is 0 Å². The van der Waals surface area contributed by atoms with Crippen LogP contribution >= 0.6 is 0 Å². The molecule has 0 saturated carbocycles. The third-order valence-electron chi connectivity index (χ3n) is 4.35. The van der Waals surface area contributed by atoms with Crippen molar-refractivity contribution < 1.29 is 4.79 Å². The van der Waals surface area contributed by atoms with E-state index >= 15 is 0 Å². The maximum absolute atomic E-state index is 12.3. The van der Waals surface area contributed by atoms with Gasteiger partial charge in [0.2, 0.25) is 0 Å². The summed E-state index contributed by atoms with van der Waals surface area (Å²) in [5, 5.41) is 0. The normalized spacial score (nSPS) is 24.9. The molecule has 0 bridgehead atoms. The lowest BCUT2D eigenvalue weighted by Crippen LogP contribution is -2.38. The van der Waals surface area contributed by atoms with Crippen molar-refractivity contribution in [2.45, 2.75) is 25.3 Å². The van der Waals surface area contributed by atoms with E-state index in [1.54, 1.807) is 0 Å². The molecule has 2 aliphatic heterocycles. The Balaban J connectivity index is 1.61. The van der Waals surface area contributed by atoms with Crippen molar-refractivity contribution >= 4 is 5.78 Å². The van der Waals surface area contributed by atoms with Crippen LogP contribution in [0.3, 0.4) is 0 Å². The highest BCUT2D eigenvalue weighted by atomic mass is 16.1. The molecule has 0 N–H and O–H groups in total. The number of Topliss-reactive ketones (excluding diaryl/α,β-unsaturated/α-hetero) is 1. The number of hydrogen-bond donors (Lipinski definition) is 0. The number of ketones is 1. The van der Waals surface area contributed by atoms with E-state index in [1.807, 2.05) is 30.3 Å². The van der Waals surface area contributed by atoms with Crippen molar-refractivity contribution in [2.24, 2.45) is 0 Å². The minimum Gasteiger partial charge on any atom is -0.299 e. The van der Waals surface area contributed by atoms with Gasteiger partial charge in [0.05, 0.1) is 6.54 Å². The molecule has 2 saturated heterocycles. The number of carbonyl (C=O) groups excluding carboxylic acids is 1. The molecule has 2 heterocycles. The Labute approximate surface area is 115 Å². The number of benzene rings is 1. The third kappa shape index (κ3) is 3.04. The Bertz CT molecular complexity index is 432. The van der Waals surface area contributed by atoms with E-state index in [4.69, 9.17) is 0 Å². The Morgan fingerprint density at radius 2 is 1.89 bits per heavy atom. The highest BCUT2D eigenvalue weighted by molar-refractivity contribution is 5.97. The van der Waals surface area contributed by atoms with E-state index in [0.717, 1.165) is 18.7 Å². The summed E-state index contributed by atoms with van der Waals surface area (Å²) in [6.07, 6.45) is 3.82. The predicted octanol–water partition coefficient (Wildman–Crippen LogP) is 2.04. The Morgan fingerprint density at radius 3 is 2.74 bits per heavy atom. The molecule has 102 valence electrons. The van der Waals surface area contributed by atoms with Gasteiger partial charge in [0.15, 0.2) is 5.78 Å². The van der Waals surface area contributed by atoms with Crippen LogP contribution in [0.1, 0.15) is 29.6 Å². The maximum atomic E-state index is 12.3. The zero-order valence-corrected chi connectivity index (χ0v) is 11.4. The number of nitrogens with zero attached hydrogens (tertiary/aromatic N) is 2. The van der Waals surface area contributed by atoms with Crippen LogP contribution in [-0.2, 0) is 0 Å². The summed E-state index contributed by atoms with van der Waals surface area (Å²) in [6.45, 7) is 5.17. The molecule has 1 aromatic carbocycles. The molecule has 19 heavy (non-hydrogen) atoms. The number of hydrogen-bond acceptors (Lipinski definition) is 3. The third-order valence-corrected chi connectivity index (χ3v) is 4.35. The van der Waals surface area contributed by atoms with Gasteiger partial charge in [-0.1, -0.05) is 30.3 Å². The minimum absolute atomic E-state index is 0.257. The van der Waals surface area contributed by atoms with Gasteiger partial charge in [0.25, 0.3) is 0 Å². The van der Waals surface area contributed by atoms with Crippen molar-refractivity contribution in [3.05, 3.63) is 35.9 Å². The maximum Gasteiger partial charge on any atom is 0.176 e. The van der Waals surface area contributed by atoms with Crippen LogP contribution in [0.2, 0.25) is 0 Å². The van der Waals surface area contributed by atoms with Crippen molar-refractivity contribution in [1.29, 1.82) is 0 Å². The summed E-state index contributed by atoms with van der Waals surface area (Å²) in [7, 11) is 0. The van der Waals surface area contributed by atoms with E-state index in [2.05, 4.69) is 9.80 Å². The Hall–Kier alpha value is -1.19. The quantitative estimate of drug-likeness (QED) is 0.775. The molecule has 2 fully saturated rings. The van der Waals surface area contributed by atoms with Gasteiger partial charge in [0.1, 0.15) is 0 Å². The first-order chi connectivity index (χ1) is 9.33. The zero-order valence-electron chi connectivity index (χ0n) is 11.4. The summed E-state index contributed by atoms with van der Waals surface area (Å²) in [4.78, 5) is 17.2. The molecular formula is C16H22N2O. The van der Waals surface area contributed by atoms with Gasteiger partial charge in [-0.3, -0.25) is 14.6 Å². The van der Waals surface area contributed by atoms with Crippen LogP contribution in [0.25, 0.3) is 0 Å². The minimum atomic E-state index is 0.257. The first-order valence-corrected chi connectivity index (χ1v) is 7.37. The van der Waals surface area contributed by atoms with Crippen LogP contribution in [0, 0.1) is 0 Å². The summed E-state index contributed by atoms with van der Waals surface area (Å²) < 4.78 is 0. The fraction of sp³-hybridized carbons (Fsp3) is 0.562. The van der Waals surface area contributed by atoms with E-state index in [0.29, 0.717) is 12.6 Å². The average Bonchev–Trinajstić information content (AvgIpc) is 2.79. The van der Waals surface area contributed by atoms with Gasteiger partial charge >= 0.3 is 0 Å². The monoisotopic (exact) mass is 258 g/mol. The molecule has 0 aromatic heterocycles. The highest BCUT2D eigenvalue weighted by Gasteiger charge is 2.29. The van der Waals surface area contributed by atoms with Gasteiger partial charge in [-0.2, -0.15) is 0 Å². The van der Waals surface area contributed by atoms with Crippen LogP contribution in [0.4, 0.5) is 0 Å². The van der Waals surface area contributed by atoms with Crippen molar-refractivity contribution in [1.82, 2.24) is 9.80 Å². The summed E-state index contributed by atoms with van der Waals surface area (Å²) in [5.74, 6) is 0.257. The zero-order chi connectivity index (χ0) is 13.1. The van der Waals surface area contributed by atoms with Gasteiger partial charge in [-0.25, -0.2) is 0 Å². The van der Waals surface area contributed by atoms with Gasteiger partial charge in [0, 0.05) is 18.2 Å². The fourth-order valence-corrected chi connectivity index (χ4v) is 3.35. The second-order valence-corrected chi connectivity index (χ2v) is 5.71. The molecule has 3 nitrogen and oxygen atoms in total. The highest BCUT2D eigenvalue weighted by Crippen LogP contribution is 2.21. The summed E-state index contributed by atoms with van der Waals surface area (Å²) >= 11 is 0. The predicted molar refractivity (Wildman–Crippen MR) is 76.4 cm³/mol. The fourth-order valence-electron chi connectivity index (χ4n) is 3.35. The van der Waals surface area contributed by atoms with Crippen molar-refractivity contribution in [3.63, 3.8) is 0 Å².